The van der Waals surface area contributed by atoms with E-state index in [4.69, 9.17) is 0 Å². The van der Waals surface area contributed by atoms with Gasteiger partial charge in [-0.1, -0.05) is 12.2 Å². The predicted molar refractivity (Wildman–Crippen MR) is 72.9 cm³/mol. The number of aryl methyl sites for hydroxylation is 2. The van der Waals surface area contributed by atoms with Gasteiger partial charge in [0.1, 0.15) is 17.0 Å². The molecule has 2 aromatic heterocycles. The van der Waals surface area contributed by atoms with Crippen LogP contribution in [0.4, 0.5) is 5.82 Å². The van der Waals surface area contributed by atoms with E-state index in [0.29, 0.717) is 0 Å². The van der Waals surface area contributed by atoms with Gasteiger partial charge in [0.25, 0.3) is 0 Å². The Morgan fingerprint density at radius 1 is 1.24 bits per heavy atom. The van der Waals surface area contributed by atoms with Crippen LogP contribution in [0, 0.1) is 13.8 Å². The van der Waals surface area contributed by atoms with E-state index < -0.39 is 0 Å². The van der Waals surface area contributed by atoms with E-state index >= 15 is 0 Å². The molecule has 1 aliphatic heterocycles. The van der Waals surface area contributed by atoms with Gasteiger partial charge in [0.15, 0.2) is 0 Å². The normalized spacial score (nSPS) is 15.8. The topological polar surface area (TPSA) is 29.0 Å². The van der Waals surface area contributed by atoms with Crippen LogP contribution in [-0.2, 0) is 0 Å². The van der Waals surface area contributed by atoms with Gasteiger partial charge in [0, 0.05) is 18.0 Å². The number of rotatable bonds is 1. The number of nitrogens with zero attached hydrogens (tertiary/aromatic N) is 3. The molecule has 4 heteroatoms. The minimum Gasteiger partial charge on any atom is -0.352 e. The van der Waals surface area contributed by atoms with Crippen molar-refractivity contribution in [2.45, 2.75) is 20.3 Å². The molecule has 0 bridgehead atoms. The van der Waals surface area contributed by atoms with Crippen LogP contribution in [0.5, 0.6) is 0 Å². The number of anilines is 1. The zero-order valence-electron chi connectivity index (χ0n) is 10.1. The van der Waals surface area contributed by atoms with Gasteiger partial charge in [-0.2, -0.15) is 0 Å². The molecule has 3 heterocycles. The summed E-state index contributed by atoms with van der Waals surface area (Å²) < 4.78 is 0. The Hall–Kier alpha value is -1.42. The van der Waals surface area contributed by atoms with E-state index in [0.717, 1.165) is 30.2 Å². The van der Waals surface area contributed by atoms with Crippen molar-refractivity contribution in [3.63, 3.8) is 0 Å². The molecule has 0 N–H and O–H groups in total. The fourth-order valence-corrected chi connectivity index (χ4v) is 3.23. The van der Waals surface area contributed by atoms with E-state index in [2.05, 4.69) is 40.9 Å². The van der Waals surface area contributed by atoms with Crippen LogP contribution in [0.3, 0.4) is 0 Å². The second-order valence-corrected chi connectivity index (χ2v) is 5.57. The highest BCUT2D eigenvalue weighted by atomic mass is 32.1. The molecule has 3 nitrogen and oxygen atoms in total. The molecule has 2 aromatic rings. The summed E-state index contributed by atoms with van der Waals surface area (Å²) >= 11 is 1.76. The Bertz CT molecular complexity index is 586. The van der Waals surface area contributed by atoms with Gasteiger partial charge in [-0.05, 0) is 25.8 Å². The Morgan fingerprint density at radius 2 is 2.12 bits per heavy atom. The van der Waals surface area contributed by atoms with Crippen molar-refractivity contribution in [1.82, 2.24) is 9.97 Å². The summed E-state index contributed by atoms with van der Waals surface area (Å²) in [7, 11) is 0. The smallest absolute Gasteiger partial charge is 0.141 e. The van der Waals surface area contributed by atoms with Crippen LogP contribution in [0.25, 0.3) is 10.2 Å². The van der Waals surface area contributed by atoms with Crippen molar-refractivity contribution >= 4 is 27.4 Å². The highest BCUT2D eigenvalue weighted by Gasteiger charge is 2.17. The Morgan fingerprint density at radius 3 is 2.88 bits per heavy atom. The van der Waals surface area contributed by atoms with Crippen LogP contribution < -0.4 is 4.90 Å². The summed E-state index contributed by atoms with van der Waals surface area (Å²) in [5.74, 6) is 1.10. The summed E-state index contributed by atoms with van der Waals surface area (Å²) in [6.07, 6.45) is 7.24. The molecule has 0 saturated heterocycles. The highest BCUT2D eigenvalue weighted by molar-refractivity contribution is 7.18. The van der Waals surface area contributed by atoms with Crippen LogP contribution in [0.2, 0.25) is 0 Å². The fourth-order valence-electron chi connectivity index (χ4n) is 2.24. The molecule has 88 valence electrons. The van der Waals surface area contributed by atoms with Gasteiger partial charge in [-0.25, -0.2) is 9.97 Å². The quantitative estimate of drug-likeness (QED) is 0.723. The zero-order chi connectivity index (χ0) is 11.8. The SMILES string of the molecule is Cc1sc2ncnc(N3CC=CCC3)c2c1C. The van der Waals surface area contributed by atoms with Crippen molar-refractivity contribution in [2.75, 3.05) is 18.0 Å². The monoisotopic (exact) mass is 245 g/mol. The second kappa shape index (κ2) is 4.11. The first-order chi connectivity index (χ1) is 8.27. The van der Waals surface area contributed by atoms with Gasteiger partial charge in [-0.3, -0.25) is 0 Å². The minimum absolute atomic E-state index is 0.959. The lowest BCUT2D eigenvalue weighted by atomic mass is 10.2. The van der Waals surface area contributed by atoms with E-state index in [9.17, 15) is 0 Å². The number of hydrogen-bond acceptors (Lipinski definition) is 4. The number of fused-ring (bicyclic) bond motifs is 1. The van der Waals surface area contributed by atoms with Crippen LogP contribution in [0.15, 0.2) is 18.5 Å². The van der Waals surface area contributed by atoms with Crippen molar-refractivity contribution in [3.8, 4) is 0 Å². The maximum atomic E-state index is 4.49. The first kappa shape index (κ1) is 10.7. The van der Waals surface area contributed by atoms with Crippen molar-refractivity contribution in [3.05, 3.63) is 28.9 Å². The highest BCUT2D eigenvalue weighted by Crippen LogP contribution is 2.34. The van der Waals surface area contributed by atoms with E-state index in [1.165, 1.54) is 15.8 Å². The fraction of sp³-hybridized carbons (Fsp3) is 0.385. The summed E-state index contributed by atoms with van der Waals surface area (Å²) in [5, 5.41) is 1.24. The molecule has 0 aliphatic carbocycles. The summed E-state index contributed by atoms with van der Waals surface area (Å²) in [6.45, 7) is 6.33. The lowest BCUT2D eigenvalue weighted by molar-refractivity contribution is 0.808. The van der Waals surface area contributed by atoms with Crippen molar-refractivity contribution < 1.29 is 0 Å². The van der Waals surface area contributed by atoms with Gasteiger partial charge < -0.3 is 4.90 Å². The van der Waals surface area contributed by atoms with Gasteiger partial charge >= 0.3 is 0 Å². The second-order valence-electron chi connectivity index (χ2n) is 4.37. The lowest BCUT2D eigenvalue weighted by Crippen LogP contribution is -2.27. The first-order valence-corrected chi connectivity index (χ1v) is 6.69. The molecule has 0 spiro atoms. The first-order valence-electron chi connectivity index (χ1n) is 5.88. The maximum Gasteiger partial charge on any atom is 0.141 e. The number of thiophene rings is 1. The minimum atomic E-state index is 0.959. The van der Waals surface area contributed by atoms with Crippen LogP contribution >= 0.6 is 11.3 Å². The molecule has 0 unspecified atom stereocenters. The number of hydrogen-bond donors (Lipinski definition) is 0. The summed E-state index contributed by atoms with van der Waals surface area (Å²) in [6, 6.07) is 0. The largest absolute Gasteiger partial charge is 0.352 e. The van der Waals surface area contributed by atoms with Gasteiger partial charge in [0.05, 0.1) is 5.39 Å². The molecule has 0 amide bonds. The molecular weight excluding hydrogens is 230 g/mol. The molecule has 0 aromatic carbocycles. The molecular formula is C13H15N3S. The van der Waals surface area contributed by atoms with Crippen molar-refractivity contribution in [2.24, 2.45) is 0 Å². The van der Waals surface area contributed by atoms with Gasteiger partial charge in [0.2, 0.25) is 0 Å². The molecule has 0 fully saturated rings. The lowest BCUT2D eigenvalue weighted by Gasteiger charge is -2.25. The molecule has 0 saturated carbocycles. The third-order valence-electron chi connectivity index (χ3n) is 3.30. The van der Waals surface area contributed by atoms with Crippen LogP contribution in [-0.4, -0.2) is 23.1 Å². The van der Waals surface area contributed by atoms with E-state index in [1.54, 1.807) is 17.7 Å². The molecule has 0 radical (unpaired) electrons. The van der Waals surface area contributed by atoms with Gasteiger partial charge in [-0.15, -0.1) is 11.3 Å². The van der Waals surface area contributed by atoms with E-state index in [1.807, 2.05) is 0 Å². The predicted octanol–water partition coefficient (Wildman–Crippen LogP) is 3.07. The summed E-state index contributed by atoms with van der Waals surface area (Å²) in [5.41, 5.74) is 1.33. The molecule has 3 rings (SSSR count). The van der Waals surface area contributed by atoms with Crippen molar-refractivity contribution in [1.29, 1.82) is 0 Å². The average molecular weight is 245 g/mol. The Balaban J connectivity index is 2.18. The molecule has 17 heavy (non-hydrogen) atoms. The molecule has 1 aliphatic rings. The summed E-state index contributed by atoms with van der Waals surface area (Å²) in [4.78, 5) is 13.7. The third kappa shape index (κ3) is 1.72. The zero-order valence-corrected chi connectivity index (χ0v) is 10.9. The van der Waals surface area contributed by atoms with Crippen LogP contribution in [0.1, 0.15) is 16.9 Å². The number of aromatic nitrogens is 2. The standard InChI is InChI=1S/C13H15N3S/c1-9-10(2)17-13-11(9)12(14-8-15-13)16-6-4-3-5-7-16/h3-4,8H,5-7H2,1-2H3. The van der Waals surface area contributed by atoms with E-state index in [-0.39, 0.29) is 0 Å². The Labute approximate surface area is 105 Å². The molecule has 0 atom stereocenters. The maximum absolute atomic E-state index is 4.49. The average Bonchev–Trinajstić information content (AvgIpc) is 2.66. The Kier molecular flexibility index (Phi) is 2.59. The third-order valence-corrected chi connectivity index (χ3v) is 4.42.